The van der Waals surface area contributed by atoms with Crippen LogP contribution in [0.3, 0.4) is 0 Å². The van der Waals surface area contributed by atoms with Gasteiger partial charge in [-0.2, -0.15) is 0 Å². The number of carbonyl (C=O) groups excluding carboxylic acids is 2. The van der Waals surface area contributed by atoms with E-state index in [1.165, 1.54) is 0 Å². The van der Waals surface area contributed by atoms with Crippen molar-refractivity contribution in [2.45, 2.75) is 23.7 Å². The van der Waals surface area contributed by atoms with Crippen LogP contribution in [-0.4, -0.2) is 27.3 Å². The highest BCUT2D eigenvalue weighted by atomic mass is 127. The lowest BCUT2D eigenvalue weighted by atomic mass is 10.1. The Morgan fingerprint density at radius 2 is 1.94 bits per heavy atom. The predicted molar refractivity (Wildman–Crippen MR) is 77.9 cm³/mol. The highest BCUT2D eigenvalue weighted by Gasteiger charge is 2.14. The van der Waals surface area contributed by atoms with Gasteiger partial charge < -0.3 is 10.4 Å². The Morgan fingerprint density at radius 3 is 2.50 bits per heavy atom. The number of nitrogens with one attached hydrogen (secondary N) is 1. The lowest BCUT2D eigenvalue weighted by Gasteiger charge is -2.05. The number of rotatable bonds is 6. The lowest BCUT2D eigenvalue weighted by Crippen LogP contribution is -2.33. The van der Waals surface area contributed by atoms with Crippen molar-refractivity contribution in [1.29, 1.82) is 0 Å². The molecule has 0 spiro atoms. The van der Waals surface area contributed by atoms with E-state index in [4.69, 9.17) is 5.11 Å². The molecule has 1 aromatic carbocycles. The zero-order valence-electron chi connectivity index (χ0n) is 10.1. The van der Waals surface area contributed by atoms with E-state index in [2.05, 4.69) is 27.9 Å². The number of phenols is 1. The maximum atomic E-state index is 11.4. The van der Waals surface area contributed by atoms with E-state index in [0.29, 0.717) is 13.0 Å². The molecule has 1 atom stereocenters. The summed E-state index contributed by atoms with van der Waals surface area (Å²) in [7, 11) is 0. The summed E-state index contributed by atoms with van der Waals surface area (Å²) in [5.41, 5.74) is 1.00. The summed E-state index contributed by atoms with van der Waals surface area (Å²) in [5.74, 6) is -0.672. The van der Waals surface area contributed by atoms with Crippen LogP contribution in [0.4, 0.5) is 0 Å². The van der Waals surface area contributed by atoms with Crippen LogP contribution in [0.1, 0.15) is 18.9 Å². The van der Waals surface area contributed by atoms with E-state index >= 15 is 0 Å². The zero-order valence-corrected chi connectivity index (χ0v) is 12.3. The third-order valence-electron chi connectivity index (χ3n) is 2.36. The van der Waals surface area contributed by atoms with Crippen molar-refractivity contribution >= 4 is 34.3 Å². The molecule has 0 radical (unpaired) electrons. The first-order chi connectivity index (χ1) is 8.49. The van der Waals surface area contributed by atoms with Crippen LogP contribution in [-0.2, 0) is 16.0 Å². The molecule has 0 fully saturated rings. The average Bonchev–Trinajstić information content (AvgIpc) is 2.30. The van der Waals surface area contributed by atoms with Gasteiger partial charge in [0, 0.05) is 16.9 Å². The minimum atomic E-state index is -0.516. The molecule has 0 aromatic heterocycles. The normalized spacial score (nSPS) is 11.9. The second-order valence-corrected chi connectivity index (χ2v) is 6.21. The summed E-state index contributed by atoms with van der Waals surface area (Å²) in [4.78, 5) is 22.8. The second kappa shape index (κ2) is 7.35. The van der Waals surface area contributed by atoms with Gasteiger partial charge in [-0.3, -0.25) is 9.59 Å². The third-order valence-corrected chi connectivity index (χ3v) is 2.80. The Morgan fingerprint density at radius 1 is 1.33 bits per heavy atom. The van der Waals surface area contributed by atoms with Gasteiger partial charge in [-0.05, 0) is 24.1 Å². The van der Waals surface area contributed by atoms with E-state index in [-0.39, 0.29) is 21.9 Å². The zero-order chi connectivity index (χ0) is 13.5. The van der Waals surface area contributed by atoms with Crippen molar-refractivity contribution in [2.75, 3.05) is 6.54 Å². The maximum Gasteiger partial charge on any atom is 0.287 e. The first-order valence-corrected chi connectivity index (χ1v) is 6.96. The molecule has 4 nitrogen and oxygen atoms in total. The van der Waals surface area contributed by atoms with Crippen molar-refractivity contribution in [3.05, 3.63) is 29.8 Å². The number of alkyl halides is 1. The van der Waals surface area contributed by atoms with Gasteiger partial charge in [-0.25, -0.2) is 0 Å². The molecule has 18 heavy (non-hydrogen) atoms. The summed E-state index contributed by atoms with van der Waals surface area (Å²) in [5, 5.41) is 11.7. The summed E-state index contributed by atoms with van der Waals surface area (Å²) in [6, 6.07) is 6.77. The van der Waals surface area contributed by atoms with E-state index in [1.807, 2.05) is 6.92 Å². The summed E-state index contributed by atoms with van der Waals surface area (Å²) < 4.78 is 0.165. The molecule has 0 aliphatic rings. The quantitative estimate of drug-likeness (QED) is 0.462. The first kappa shape index (κ1) is 14.9. The Balaban J connectivity index is 2.31. The fourth-order valence-electron chi connectivity index (χ4n) is 1.43. The van der Waals surface area contributed by atoms with E-state index < -0.39 is 5.91 Å². The monoisotopic (exact) mass is 361 g/mol. The molecule has 0 heterocycles. The van der Waals surface area contributed by atoms with Crippen LogP contribution in [0.15, 0.2) is 24.3 Å². The predicted octanol–water partition coefficient (Wildman–Crippen LogP) is 1.83. The number of aromatic hydroxyl groups is 1. The van der Waals surface area contributed by atoms with Crippen molar-refractivity contribution < 1.29 is 14.7 Å². The van der Waals surface area contributed by atoms with E-state index in [1.54, 1.807) is 24.3 Å². The van der Waals surface area contributed by atoms with Crippen LogP contribution in [0.5, 0.6) is 5.75 Å². The molecule has 1 unspecified atom stereocenters. The Hall–Kier alpha value is -1.11. The molecule has 0 aliphatic heterocycles. The number of amides is 1. The van der Waals surface area contributed by atoms with Crippen molar-refractivity contribution in [3.8, 4) is 5.75 Å². The average molecular weight is 361 g/mol. The van der Waals surface area contributed by atoms with Gasteiger partial charge in [-0.15, -0.1) is 0 Å². The fraction of sp³-hybridized carbons (Fsp3) is 0.385. The van der Waals surface area contributed by atoms with Gasteiger partial charge in [0.25, 0.3) is 5.91 Å². The van der Waals surface area contributed by atoms with Crippen molar-refractivity contribution in [1.82, 2.24) is 5.32 Å². The molecule has 98 valence electrons. The van der Waals surface area contributed by atoms with Crippen LogP contribution >= 0.6 is 22.6 Å². The minimum Gasteiger partial charge on any atom is -0.508 e. The smallest absolute Gasteiger partial charge is 0.287 e. The number of hydrogen-bond donors (Lipinski definition) is 2. The van der Waals surface area contributed by atoms with Gasteiger partial charge >= 0.3 is 0 Å². The number of phenolic OH excluding ortho intramolecular Hbond substituents is 1. The molecule has 2 N–H and O–H groups in total. The number of hydrogen-bond acceptors (Lipinski definition) is 3. The van der Waals surface area contributed by atoms with Crippen molar-refractivity contribution in [2.24, 2.45) is 0 Å². The lowest BCUT2D eigenvalue weighted by molar-refractivity contribution is -0.137. The molecule has 1 aromatic rings. The van der Waals surface area contributed by atoms with Crippen LogP contribution in [0.2, 0.25) is 0 Å². The molecule has 0 bridgehead atoms. The summed E-state index contributed by atoms with van der Waals surface area (Å²) in [6.45, 7) is 2.31. The van der Waals surface area contributed by atoms with E-state index in [0.717, 1.165) is 5.56 Å². The molecule has 0 aliphatic carbocycles. The maximum absolute atomic E-state index is 11.4. The largest absolute Gasteiger partial charge is 0.508 e. The van der Waals surface area contributed by atoms with Crippen LogP contribution < -0.4 is 5.32 Å². The Bertz CT molecular complexity index is 415. The molecule has 5 heteroatoms. The number of benzene rings is 1. The summed E-state index contributed by atoms with van der Waals surface area (Å²) >= 11 is 2.12. The van der Waals surface area contributed by atoms with Crippen molar-refractivity contribution in [3.63, 3.8) is 0 Å². The van der Waals surface area contributed by atoms with Gasteiger partial charge in [0.1, 0.15) is 5.75 Å². The Kier molecular flexibility index (Phi) is 6.11. The summed E-state index contributed by atoms with van der Waals surface area (Å²) in [6.07, 6.45) is 0.907. The standard InChI is InChI=1S/C13H16INO3/c1-9(14)8-12(17)13(18)15-7-6-10-2-4-11(16)5-3-10/h2-5,9,16H,6-8H2,1H3,(H,15,18). The Labute approximate surface area is 120 Å². The molecule has 0 saturated heterocycles. The first-order valence-electron chi connectivity index (χ1n) is 5.72. The number of carbonyl (C=O) groups is 2. The number of halogens is 1. The van der Waals surface area contributed by atoms with E-state index in [9.17, 15) is 9.59 Å². The SMILES string of the molecule is CC(I)CC(=O)C(=O)NCCc1ccc(O)cc1. The fourth-order valence-corrected chi connectivity index (χ4v) is 1.83. The third kappa shape index (κ3) is 5.48. The second-order valence-electron chi connectivity index (χ2n) is 4.08. The highest BCUT2D eigenvalue weighted by Crippen LogP contribution is 2.09. The van der Waals surface area contributed by atoms with Gasteiger partial charge in [-0.1, -0.05) is 41.6 Å². The minimum absolute atomic E-state index is 0.165. The number of ketones is 1. The molecule has 1 rings (SSSR count). The topological polar surface area (TPSA) is 66.4 Å². The number of Topliss-reactive ketones (excluding diaryl/α,β-unsaturated/α-hetero) is 1. The molecular formula is C13H16INO3. The van der Waals surface area contributed by atoms with Gasteiger partial charge in [0.15, 0.2) is 0 Å². The van der Waals surface area contributed by atoms with Gasteiger partial charge in [0.05, 0.1) is 0 Å². The van der Waals surface area contributed by atoms with Crippen LogP contribution in [0, 0.1) is 0 Å². The van der Waals surface area contributed by atoms with Crippen LogP contribution in [0.25, 0.3) is 0 Å². The molecule has 1 amide bonds. The molecular weight excluding hydrogens is 345 g/mol. The van der Waals surface area contributed by atoms with Gasteiger partial charge in [0.2, 0.25) is 5.78 Å². The molecule has 0 saturated carbocycles. The highest BCUT2D eigenvalue weighted by molar-refractivity contribution is 14.1.